The van der Waals surface area contributed by atoms with E-state index < -0.39 is 5.97 Å². The molecule has 5 rings (SSSR count). The van der Waals surface area contributed by atoms with Crippen molar-refractivity contribution in [1.82, 2.24) is 0 Å². The molecule has 2 aromatic heterocycles. The molecule has 0 aliphatic heterocycles. The summed E-state index contributed by atoms with van der Waals surface area (Å²) < 4.78 is 16.6. The lowest BCUT2D eigenvalue weighted by Crippen LogP contribution is -2.10. The van der Waals surface area contributed by atoms with Crippen molar-refractivity contribution in [1.29, 1.82) is 0 Å². The van der Waals surface area contributed by atoms with Crippen LogP contribution in [0.1, 0.15) is 30.0 Å². The van der Waals surface area contributed by atoms with Gasteiger partial charge in [0.15, 0.2) is 6.61 Å². The van der Waals surface area contributed by atoms with Gasteiger partial charge in [-0.15, -0.1) is 11.8 Å². The number of rotatable bonds is 11. The van der Waals surface area contributed by atoms with Crippen LogP contribution in [0, 0.1) is 6.92 Å². The quantitative estimate of drug-likeness (QED) is 0.165. The van der Waals surface area contributed by atoms with Gasteiger partial charge in [0.25, 0.3) is 0 Å². The van der Waals surface area contributed by atoms with Gasteiger partial charge in [-0.3, -0.25) is 0 Å². The summed E-state index contributed by atoms with van der Waals surface area (Å²) in [6.07, 6.45) is 4.27. The maximum atomic E-state index is 10.9. The molecule has 0 aliphatic carbocycles. The van der Waals surface area contributed by atoms with Crippen molar-refractivity contribution < 1.29 is 23.5 Å². The number of hydrogen-bond donors (Lipinski definition) is 1. The number of carbonyl (C=O) groups is 1. The molecule has 2 heterocycles. The minimum atomic E-state index is -0.988. The number of carboxylic acids is 1. The summed E-state index contributed by atoms with van der Waals surface area (Å²) in [6, 6.07) is 30.6. The van der Waals surface area contributed by atoms with Crippen LogP contribution in [0.2, 0.25) is 0 Å². The van der Waals surface area contributed by atoms with Gasteiger partial charge in [-0.1, -0.05) is 61.0 Å². The van der Waals surface area contributed by atoms with Crippen LogP contribution in [0.5, 0.6) is 5.75 Å². The first-order chi connectivity index (χ1) is 19.5. The van der Waals surface area contributed by atoms with Crippen LogP contribution < -0.4 is 4.74 Å². The van der Waals surface area contributed by atoms with Crippen molar-refractivity contribution in [2.75, 3.05) is 12.4 Å². The minimum Gasteiger partial charge on any atom is -0.482 e. The second-order valence-electron chi connectivity index (χ2n) is 9.34. The third-order valence-electron chi connectivity index (χ3n) is 6.65. The molecule has 3 aromatic carbocycles. The minimum absolute atomic E-state index is 0.350. The number of ether oxygens (including phenoxy) is 1. The largest absolute Gasteiger partial charge is 0.482 e. The highest BCUT2D eigenvalue weighted by Crippen LogP contribution is 2.35. The fraction of sp³-hybridized carbons (Fsp3) is 0.147. The van der Waals surface area contributed by atoms with Crippen LogP contribution in [0.3, 0.4) is 0 Å². The number of thioether (sulfide) groups is 1. The Morgan fingerprint density at radius 2 is 1.40 bits per heavy atom. The molecule has 0 radical (unpaired) electrons. The van der Waals surface area contributed by atoms with E-state index in [9.17, 15) is 4.79 Å². The van der Waals surface area contributed by atoms with E-state index in [-0.39, 0.29) is 6.61 Å². The molecule has 6 heteroatoms. The summed E-state index contributed by atoms with van der Waals surface area (Å²) in [5, 5.41) is 8.92. The number of aryl methyl sites for hydroxylation is 1. The van der Waals surface area contributed by atoms with Crippen molar-refractivity contribution >= 4 is 23.3 Å². The fourth-order valence-electron chi connectivity index (χ4n) is 4.60. The first kappa shape index (κ1) is 27.2. The molecule has 202 valence electrons. The second-order valence-corrected chi connectivity index (χ2v) is 10.4. The highest BCUT2D eigenvalue weighted by atomic mass is 32.2. The van der Waals surface area contributed by atoms with Crippen molar-refractivity contribution in [3.8, 4) is 28.4 Å². The molecule has 0 spiro atoms. The maximum absolute atomic E-state index is 10.9. The van der Waals surface area contributed by atoms with E-state index in [1.807, 2.05) is 49.4 Å². The normalized spacial score (nSPS) is 10.8. The smallest absolute Gasteiger partial charge is 0.341 e. The number of furan rings is 2. The molecule has 1 N–H and O–H groups in total. The first-order valence-corrected chi connectivity index (χ1v) is 14.1. The van der Waals surface area contributed by atoms with Gasteiger partial charge in [0, 0.05) is 21.8 Å². The van der Waals surface area contributed by atoms with Crippen molar-refractivity contribution in [3.63, 3.8) is 0 Å². The van der Waals surface area contributed by atoms with Gasteiger partial charge in [-0.25, -0.2) is 4.79 Å². The topological polar surface area (TPSA) is 72.8 Å². The van der Waals surface area contributed by atoms with Crippen LogP contribution in [-0.2, 0) is 4.79 Å². The van der Waals surface area contributed by atoms with Gasteiger partial charge in [-0.05, 0) is 78.1 Å². The highest BCUT2D eigenvalue weighted by molar-refractivity contribution is 7.99. The van der Waals surface area contributed by atoms with Crippen LogP contribution in [0.4, 0.5) is 0 Å². The van der Waals surface area contributed by atoms with E-state index in [1.54, 1.807) is 24.3 Å². The molecular weight excluding hydrogens is 520 g/mol. The fourth-order valence-corrected chi connectivity index (χ4v) is 5.71. The zero-order valence-electron chi connectivity index (χ0n) is 22.4. The van der Waals surface area contributed by atoms with Crippen LogP contribution in [0.15, 0.2) is 123 Å². The van der Waals surface area contributed by atoms with Gasteiger partial charge in [0.05, 0.1) is 12.5 Å². The number of hydrogen-bond acceptors (Lipinski definition) is 5. The number of benzene rings is 3. The van der Waals surface area contributed by atoms with E-state index in [0.717, 1.165) is 56.4 Å². The van der Waals surface area contributed by atoms with E-state index >= 15 is 0 Å². The molecule has 5 aromatic rings. The molecule has 0 fully saturated rings. The lowest BCUT2D eigenvalue weighted by molar-refractivity contribution is -0.139. The summed E-state index contributed by atoms with van der Waals surface area (Å²) in [6.45, 7) is 3.78. The van der Waals surface area contributed by atoms with Gasteiger partial charge in [-0.2, -0.15) is 0 Å². The monoisotopic (exact) mass is 550 g/mol. The van der Waals surface area contributed by atoms with Gasteiger partial charge >= 0.3 is 5.97 Å². The standard InChI is InChI=1S/C34H30O5S/c1-3-24(22-40-29-16-17-30(23(2)20-29)39-21-33(35)36)34(27-12-8-25(9-13-27)31-6-4-18-37-31)28-14-10-26(11-15-28)32-7-5-19-38-32/h4-20H,3,21-22H2,1-2H3,(H,35,36). The number of carboxylic acid groups (broad SMARTS) is 1. The molecule has 0 unspecified atom stereocenters. The Kier molecular flexibility index (Phi) is 8.57. The zero-order valence-corrected chi connectivity index (χ0v) is 23.2. The summed E-state index contributed by atoms with van der Waals surface area (Å²) >= 11 is 1.76. The lowest BCUT2D eigenvalue weighted by Gasteiger charge is -2.17. The third-order valence-corrected chi connectivity index (χ3v) is 7.73. The molecule has 0 bridgehead atoms. The summed E-state index contributed by atoms with van der Waals surface area (Å²) in [4.78, 5) is 12.0. The average Bonchev–Trinajstić information content (AvgIpc) is 3.71. The van der Waals surface area contributed by atoms with Crippen molar-refractivity contribution in [2.45, 2.75) is 25.2 Å². The highest BCUT2D eigenvalue weighted by Gasteiger charge is 2.14. The molecule has 0 aliphatic rings. The van der Waals surface area contributed by atoms with Crippen LogP contribution in [0.25, 0.3) is 28.2 Å². The first-order valence-electron chi connectivity index (χ1n) is 13.1. The van der Waals surface area contributed by atoms with Crippen molar-refractivity contribution in [2.24, 2.45) is 0 Å². The molecule has 40 heavy (non-hydrogen) atoms. The molecular formula is C34H30O5S. The third kappa shape index (κ3) is 6.41. The molecule has 0 atom stereocenters. The predicted octanol–water partition coefficient (Wildman–Crippen LogP) is 8.98. The van der Waals surface area contributed by atoms with Gasteiger partial charge < -0.3 is 18.7 Å². The summed E-state index contributed by atoms with van der Waals surface area (Å²) in [7, 11) is 0. The predicted molar refractivity (Wildman–Crippen MR) is 160 cm³/mol. The molecule has 0 saturated carbocycles. The molecule has 5 nitrogen and oxygen atoms in total. The Balaban J connectivity index is 1.46. The maximum Gasteiger partial charge on any atom is 0.341 e. The Bertz CT molecular complexity index is 1500. The molecule has 0 saturated heterocycles. The summed E-state index contributed by atoms with van der Waals surface area (Å²) in [5.74, 6) is 2.10. The Morgan fingerprint density at radius 3 is 1.85 bits per heavy atom. The van der Waals surface area contributed by atoms with E-state index in [1.165, 1.54) is 11.1 Å². The Labute approximate surface area is 238 Å². The van der Waals surface area contributed by atoms with Gasteiger partial charge in [0.1, 0.15) is 17.3 Å². The summed E-state index contributed by atoms with van der Waals surface area (Å²) in [5.41, 5.74) is 7.81. The van der Waals surface area contributed by atoms with E-state index in [0.29, 0.717) is 5.75 Å². The van der Waals surface area contributed by atoms with E-state index in [2.05, 4.69) is 55.5 Å². The second kappa shape index (κ2) is 12.6. The zero-order chi connectivity index (χ0) is 27.9. The van der Waals surface area contributed by atoms with Crippen LogP contribution in [-0.4, -0.2) is 23.4 Å². The Hall–Kier alpha value is -4.42. The lowest BCUT2D eigenvalue weighted by atomic mass is 9.91. The SMILES string of the molecule is CCC(CSc1ccc(OCC(=O)O)c(C)c1)=C(c1ccc(-c2ccco2)cc1)c1ccc(-c2ccco2)cc1. The van der Waals surface area contributed by atoms with Crippen molar-refractivity contribution in [3.05, 3.63) is 126 Å². The molecule has 0 amide bonds. The van der Waals surface area contributed by atoms with Gasteiger partial charge in [0.2, 0.25) is 0 Å². The van der Waals surface area contributed by atoms with Crippen LogP contribution >= 0.6 is 11.8 Å². The van der Waals surface area contributed by atoms with E-state index in [4.69, 9.17) is 18.7 Å². The Morgan fingerprint density at radius 1 is 0.825 bits per heavy atom. The number of aliphatic carboxylic acids is 1. The average molecular weight is 551 g/mol.